The average Bonchev–Trinajstić information content (AvgIpc) is 2.98. The third-order valence-electron chi connectivity index (χ3n) is 2.79. The molecule has 0 aliphatic carbocycles. The molecule has 19 heavy (non-hydrogen) atoms. The lowest BCUT2D eigenvalue weighted by Gasteiger charge is -2.04. The summed E-state index contributed by atoms with van der Waals surface area (Å²) in [5.74, 6) is -1.06. The number of hydrogen-bond donors (Lipinski definition) is 2. The zero-order valence-electron chi connectivity index (χ0n) is 10.7. The Hall–Kier alpha value is -1.73. The van der Waals surface area contributed by atoms with Crippen molar-refractivity contribution in [2.24, 2.45) is 5.73 Å². The number of carboxylic acid groups (broad SMARTS) is 1. The molecule has 0 fully saturated rings. The van der Waals surface area contributed by atoms with Crippen molar-refractivity contribution in [1.29, 1.82) is 0 Å². The molecule has 3 N–H and O–H groups in total. The molecular weight excluding hydrogens is 264 g/mol. The van der Waals surface area contributed by atoms with Crippen molar-refractivity contribution in [2.75, 3.05) is 6.54 Å². The van der Waals surface area contributed by atoms with E-state index < -0.39 is 5.97 Å². The molecule has 102 valence electrons. The van der Waals surface area contributed by atoms with E-state index in [1.807, 2.05) is 6.07 Å². The third-order valence-corrected chi connectivity index (χ3v) is 4.01. The largest absolute Gasteiger partial charge is 0.476 e. The smallest absolute Gasteiger partial charge is 0.358 e. The molecule has 6 nitrogen and oxygen atoms in total. The van der Waals surface area contributed by atoms with Crippen LogP contribution in [0, 0.1) is 0 Å². The predicted molar refractivity (Wildman–Crippen MR) is 72.5 cm³/mol. The molecule has 0 amide bonds. The monoisotopic (exact) mass is 280 g/mol. The number of nitrogens with two attached hydrogens (primary N) is 1. The number of rotatable bonds is 6. The number of hydrogen-bond acceptors (Lipinski definition) is 5. The van der Waals surface area contributed by atoms with Crippen molar-refractivity contribution in [3.63, 3.8) is 0 Å². The number of aromatic carboxylic acids is 1. The Kier molecular flexibility index (Phi) is 4.28. The van der Waals surface area contributed by atoms with Crippen LogP contribution in [0.5, 0.6) is 0 Å². The Morgan fingerprint density at radius 2 is 2.21 bits per heavy atom. The van der Waals surface area contributed by atoms with Gasteiger partial charge in [-0.25, -0.2) is 9.48 Å². The zero-order chi connectivity index (χ0) is 13.8. The van der Waals surface area contributed by atoms with Gasteiger partial charge in [0.15, 0.2) is 5.69 Å². The molecule has 0 aliphatic heterocycles. The first-order valence-corrected chi connectivity index (χ1v) is 6.90. The molecule has 2 aromatic rings. The van der Waals surface area contributed by atoms with E-state index in [2.05, 4.69) is 23.3 Å². The molecule has 0 saturated heterocycles. The summed E-state index contributed by atoms with van der Waals surface area (Å²) in [5, 5.41) is 16.7. The number of carboxylic acids is 1. The van der Waals surface area contributed by atoms with E-state index in [9.17, 15) is 4.79 Å². The highest BCUT2D eigenvalue weighted by Gasteiger charge is 2.18. The van der Waals surface area contributed by atoms with Crippen LogP contribution in [-0.2, 0) is 19.4 Å². The standard InChI is InChI=1S/C12H16N4O2S/c1-2-8-3-4-9(19-8)7-16-10(5-6-13)11(12(17)18)14-15-16/h3-4H,2,5-7,13H2,1H3,(H,17,18). The Morgan fingerprint density at radius 3 is 2.79 bits per heavy atom. The summed E-state index contributed by atoms with van der Waals surface area (Å²) in [6, 6.07) is 4.12. The van der Waals surface area contributed by atoms with Gasteiger partial charge in [-0.2, -0.15) is 0 Å². The molecule has 0 bridgehead atoms. The number of aromatic nitrogens is 3. The summed E-state index contributed by atoms with van der Waals surface area (Å²) in [5.41, 5.74) is 6.10. The molecule has 2 rings (SSSR count). The van der Waals surface area contributed by atoms with Crippen molar-refractivity contribution in [3.05, 3.63) is 33.3 Å². The van der Waals surface area contributed by atoms with Crippen LogP contribution >= 0.6 is 11.3 Å². The van der Waals surface area contributed by atoms with E-state index in [-0.39, 0.29) is 5.69 Å². The van der Waals surface area contributed by atoms with Crippen LogP contribution in [-0.4, -0.2) is 32.6 Å². The molecule has 0 saturated carbocycles. The molecule has 0 aliphatic rings. The Bertz CT molecular complexity index is 576. The lowest BCUT2D eigenvalue weighted by molar-refractivity contribution is 0.0689. The maximum atomic E-state index is 11.1. The lowest BCUT2D eigenvalue weighted by Crippen LogP contribution is -2.13. The lowest BCUT2D eigenvalue weighted by atomic mass is 10.2. The van der Waals surface area contributed by atoms with Crippen LogP contribution in [0.4, 0.5) is 0 Å². The minimum Gasteiger partial charge on any atom is -0.476 e. The van der Waals surface area contributed by atoms with Crippen LogP contribution in [0.1, 0.15) is 32.9 Å². The van der Waals surface area contributed by atoms with Gasteiger partial charge in [-0.05, 0) is 25.1 Å². The highest BCUT2D eigenvalue weighted by atomic mass is 32.1. The van der Waals surface area contributed by atoms with Gasteiger partial charge in [0, 0.05) is 16.2 Å². The molecule has 0 radical (unpaired) electrons. The fourth-order valence-corrected chi connectivity index (χ4v) is 2.80. The SMILES string of the molecule is CCc1ccc(Cn2nnc(C(=O)O)c2CCN)s1. The molecule has 2 heterocycles. The van der Waals surface area contributed by atoms with Gasteiger partial charge in [0.25, 0.3) is 0 Å². The second kappa shape index (κ2) is 5.94. The van der Waals surface area contributed by atoms with E-state index in [1.165, 1.54) is 4.88 Å². The average molecular weight is 280 g/mol. The van der Waals surface area contributed by atoms with E-state index in [0.29, 0.717) is 25.2 Å². The number of carbonyl (C=O) groups is 1. The van der Waals surface area contributed by atoms with Gasteiger partial charge >= 0.3 is 5.97 Å². The molecule has 0 aromatic carbocycles. The van der Waals surface area contributed by atoms with Crippen LogP contribution in [0.2, 0.25) is 0 Å². The number of aryl methyl sites for hydroxylation is 1. The van der Waals surface area contributed by atoms with Crippen molar-refractivity contribution in [3.8, 4) is 0 Å². The van der Waals surface area contributed by atoms with Gasteiger partial charge in [0.05, 0.1) is 12.2 Å². The second-order valence-electron chi connectivity index (χ2n) is 4.11. The van der Waals surface area contributed by atoms with Gasteiger partial charge < -0.3 is 10.8 Å². The van der Waals surface area contributed by atoms with Crippen molar-refractivity contribution < 1.29 is 9.90 Å². The Morgan fingerprint density at radius 1 is 1.47 bits per heavy atom. The van der Waals surface area contributed by atoms with E-state index in [4.69, 9.17) is 10.8 Å². The van der Waals surface area contributed by atoms with E-state index in [1.54, 1.807) is 16.0 Å². The quantitative estimate of drug-likeness (QED) is 0.827. The van der Waals surface area contributed by atoms with Crippen molar-refractivity contribution in [2.45, 2.75) is 26.3 Å². The summed E-state index contributed by atoms with van der Waals surface area (Å²) < 4.78 is 1.63. The summed E-state index contributed by atoms with van der Waals surface area (Å²) in [4.78, 5) is 13.5. The summed E-state index contributed by atoms with van der Waals surface area (Å²) in [7, 11) is 0. The Balaban J connectivity index is 2.26. The summed E-state index contributed by atoms with van der Waals surface area (Å²) in [6.07, 6.45) is 1.46. The fourth-order valence-electron chi connectivity index (χ4n) is 1.86. The van der Waals surface area contributed by atoms with E-state index in [0.717, 1.165) is 11.3 Å². The number of nitrogens with zero attached hydrogens (tertiary/aromatic N) is 3. The zero-order valence-corrected chi connectivity index (χ0v) is 11.5. The third kappa shape index (κ3) is 2.99. The van der Waals surface area contributed by atoms with Gasteiger partial charge in [-0.15, -0.1) is 16.4 Å². The normalized spacial score (nSPS) is 10.8. The van der Waals surface area contributed by atoms with Crippen LogP contribution in [0.15, 0.2) is 12.1 Å². The van der Waals surface area contributed by atoms with Crippen LogP contribution in [0.3, 0.4) is 0 Å². The fraction of sp³-hybridized carbons (Fsp3) is 0.417. The molecule has 7 heteroatoms. The Labute approximate surface area is 114 Å². The number of thiophene rings is 1. The van der Waals surface area contributed by atoms with Gasteiger partial charge in [0.1, 0.15) is 0 Å². The first-order chi connectivity index (χ1) is 9.15. The highest BCUT2D eigenvalue weighted by molar-refractivity contribution is 7.11. The predicted octanol–water partition coefficient (Wildman–Crippen LogP) is 1.15. The highest BCUT2D eigenvalue weighted by Crippen LogP contribution is 2.19. The van der Waals surface area contributed by atoms with Gasteiger partial charge in [-0.1, -0.05) is 12.1 Å². The van der Waals surface area contributed by atoms with Crippen LogP contribution in [0.25, 0.3) is 0 Å². The van der Waals surface area contributed by atoms with E-state index >= 15 is 0 Å². The van der Waals surface area contributed by atoms with Crippen molar-refractivity contribution in [1.82, 2.24) is 15.0 Å². The molecule has 0 spiro atoms. The van der Waals surface area contributed by atoms with Gasteiger partial charge in [-0.3, -0.25) is 0 Å². The summed E-state index contributed by atoms with van der Waals surface area (Å²) >= 11 is 1.70. The first-order valence-electron chi connectivity index (χ1n) is 6.09. The molecule has 2 aromatic heterocycles. The minimum atomic E-state index is -1.06. The molecule has 0 unspecified atom stereocenters. The maximum absolute atomic E-state index is 11.1. The first kappa shape index (κ1) is 13.7. The molecule has 0 atom stereocenters. The van der Waals surface area contributed by atoms with Gasteiger partial charge in [0.2, 0.25) is 0 Å². The minimum absolute atomic E-state index is 0.00211. The molecular formula is C12H16N4O2S. The maximum Gasteiger partial charge on any atom is 0.358 e. The summed E-state index contributed by atoms with van der Waals surface area (Å²) in [6.45, 7) is 3.02. The van der Waals surface area contributed by atoms with Crippen LogP contribution < -0.4 is 5.73 Å². The van der Waals surface area contributed by atoms with Crippen molar-refractivity contribution >= 4 is 17.3 Å². The topological polar surface area (TPSA) is 94.0 Å². The second-order valence-corrected chi connectivity index (χ2v) is 5.36.